The predicted octanol–water partition coefficient (Wildman–Crippen LogP) is 4.03. The zero-order valence-corrected chi connectivity index (χ0v) is 15.7. The van der Waals surface area contributed by atoms with E-state index in [4.69, 9.17) is 18.7 Å². The van der Waals surface area contributed by atoms with E-state index in [1.165, 1.54) is 18.2 Å². The molecule has 0 bridgehead atoms. The van der Waals surface area contributed by atoms with Gasteiger partial charge in [-0.25, -0.2) is 4.79 Å². The smallest absolute Gasteiger partial charge is 0.349 e. The molecular weight excluding hydrogens is 382 g/mol. The average Bonchev–Trinajstić information content (AvgIpc) is 3.07. The Balaban J connectivity index is 1.74. The second-order valence-electron chi connectivity index (χ2n) is 6.70. The molecule has 10 nitrogen and oxygen atoms in total. The maximum absolute atomic E-state index is 12.4. The molecular formula is C19H15N3O7. The van der Waals surface area contributed by atoms with E-state index < -0.39 is 16.7 Å². The van der Waals surface area contributed by atoms with E-state index in [1.54, 1.807) is 39.0 Å². The molecule has 0 atom stereocenters. The number of carbonyl (C=O) groups excluding carboxylic acids is 1. The van der Waals surface area contributed by atoms with E-state index in [0.717, 1.165) is 0 Å². The number of ether oxygens (including phenoxy) is 3. The van der Waals surface area contributed by atoms with Crippen molar-refractivity contribution in [3.63, 3.8) is 0 Å². The summed E-state index contributed by atoms with van der Waals surface area (Å²) >= 11 is 0. The Morgan fingerprint density at radius 3 is 2.62 bits per heavy atom. The Hall–Kier alpha value is -3.95. The van der Waals surface area contributed by atoms with Crippen LogP contribution in [0, 0.1) is 17.0 Å². The number of carbonyl (C=O) groups is 1. The molecule has 29 heavy (non-hydrogen) atoms. The summed E-state index contributed by atoms with van der Waals surface area (Å²) in [7, 11) is 0. The van der Waals surface area contributed by atoms with Crippen LogP contribution in [-0.4, -0.2) is 26.8 Å². The van der Waals surface area contributed by atoms with Crippen molar-refractivity contribution < 1.29 is 28.5 Å². The summed E-state index contributed by atoms with van der Waals surface area (Å²) in [5.41, 5.74) is 0.118. The number of nitrogens with zero attached hydrogens (tertiary/aromatic N) is 3. The molecule has 0 unspecified atom stereocenters. The van der Waals surface area contributed by atoms with Crippen LogP contribution in [0.4, 0.5) is 5.69 Å². The zero-order chi connectivity index (χ0) is 20.8. The highest BCUT2D eigenvalue weighted by Crippen LogP contribution is 2.41. The number of benzene rings is 2. The van der Waals surface area contributed by atoms with Gasteiger partial charge in [0.1, 0.15) is 17.1 Å². The predicted molar refractivity (Wildman–Crippen MR) is 97.8 cm³/mol. The highest BCUT2D eigenvalue weighted by molar-refractivity contribution is 5.96. The minimum atomic E-state index is -1.13. The Bertz CT molecular complexity index is 1140. The van der Waals surface area contributed by atoms with Crippen molar-refractivity contribution in [1.29, 1.82) is 0 Å². The van der Waals surface area contributed by atoms with E-state index in [0.29, 0.717) is 11.5 Å². The van der Waals surface area contributed by atoms with E-state index in [1.807, 2.05) is 0 Å². The van der Waals surface area contributed by atoms with Gasteiger partial charge in [0.25, 0.3) is 0 Å². The number of nitro benzene ring substituents is 1. The number of aryl methyl sites for hydroxylation is 1. The second kappa shape index (κ2) is 6.59. The Kier molecular flexibility index (Phi) is 4.18. The maximum Gasteiger partial charge on any atom is 0.349 e. The lowest BCUT2D eigenvalue weighted by molar-refractivity contribution is -0.385. The van der Waals surface area contributed by atoms with Crippen LogP contribution in [0.15, 0.2) is 40.9 Å². The molecule has 0 fully saturated rings. The Labute approximate surface area is 164 Å². The molecule has 148 valence electrons. The molecule has 0 saturated carbocycles. The molecule has 0 amide bonds. The van der Waals surface area contributed by atoms with E-state index >= 15 is 0 Å². The first-order valence-corrected chi connectivity index (χ1v) is 8.56. The minimum Gasteiger partial charge on any atom is -0.452 e. The summed E-state index contributed by atoms with van der Waals surface area (Å²) in [5, 5.41) is 15.3. The maximum atomic E-state index is 12.4. The number of rotatable bonds is 4. The Morgan fingerprint density at radius 1 is 1.14 bits per heavy atom. The standard InChI is InChI=1S/C19H15N3O7/c1-10-20-17(21-29-10)11-7-8-13(12(9-11)22(24)25)26-14-5-4-6-15-16(14)18(23)28-19(2,3)27-15/h4-9H,1-3H3. The number of hydrogen-bond donors (Lipinski definition) is 0. The number of cyclic esters (lactones) is 1. The molecule has 3 aromatic rings. The van der Waals surface area contributed by atoms with Gasteiger partial charge in [-0.2, -0.15) is 4.98 Å². The summed E-state index contributed by atoms with van der Waals surface area (Å²) in [6.07, 6.45) is 0. The van der Waals surface area contributed by atoms with Gasteiger partial charge in [-0.05, 0) is 24.3 Å². The van der Waals surface area contributed by atoms with Crippen molar-refractivity contribution in [2.75, 3.05) is 0 Å². The third-order valence-corrected chi connectivity index (χ3v) is 4.05. The lowest BCUT2D eigenvalue weighted by atomic mass is 10.1. The van der Waals surface area contributed by atoms with Crippen LogP contribution < -0.4 is 9.47 Å². The molecule has 0 saturated heterocycles. The fourth-order valence-electron chi connectivity index (χ4n) is 2.86. The molecule has 0 radical (unpaired) electrons. The fraction of sp³-hybridized carbons (Fsp3) is 0.211. The van der Waals surface area contributed by atoms with Gasteiger partial charge in [0.2, 0.25) is 23.3 Å². The zero-order valence-electron chi connectivity index (χ0n) is 15.7. The van der Waals surface area contributed by atoms with Gasteiger partial charge in [-0.1, -0.05) is 11.2 Å². The van der Waals surface area contributed by atoms with Crippen molar-refractivity contribution in [3.05, 3.63) is 58.0 Å². The van der Waals surface area contributed by atoms with Crippen LogP contribution in [-0.2, 0) is 4.74 Å². The van der Waals surface area contributed by atoms with Crippen molar-refractivity contribution in [2.24, 2.45) is 0 Å². The molecule has 4 rings (SSSR count). The lowest BCUT2D eigenvalue weighted by Crippen LogP contribution is -2.38. The summed E-state index contributed by atoms with van der Waals surface area (Å²) in [5.74, 6) is -0.939. The number of fused-ring (bicyclic) bond motifs is 1. The molecule has 1 aromatic heterocycles. The van der Waals surface area contributed by atoms with Crippen molar-refractivity contribution in [1.82, 2.24) is 10.1 Å². The van der Waals surface area contributed by atoms with Crippen LogP contribution in [0.2, 0.25) is 0 Å². The van der Waals surface area contributed by atoms with Crippen molar-refractivity contribution >= 4 is 11.7 Å². The summed E-state index contributed by atoms with van der Waals surface area (Å²) in [6.45, 7) is 4.82. The molecule has 0 aliphatic carbocycles. The van der Waals surface area contributed by atoms with Gasteiger partial charge < -0.3 is 18.7 Å². The summed E-state index contributed by atoms with van der Waals surface area (Å²) < 4.78 is 21.5. The first kappa shape index (κ1) is 18.4. The first-order valence-electron chi connectivity index (χ1n) is 8.56. The molecule has 1 aliphatic heterocycles. The molecule has 1 aliphatic rings. The largest absolute Gasteiger partial charge is 0.452 e. The number of aromatic nitrogens is 2. The highest BCUT2D eigenvalue weighted by Gasteiger charge is 2.36. The van der Waals surface area contributed by atoms with Crippen molar-refractivity contribution in [2.45, 2.75) is 26.6 Å². The van der Waals surface area contributed by atoms with Gasteiger partial charge in [0.05, 0.1) is 4.92 Å². The van der Waals surface area contributed by atoms with E-state index in [9.17, 15) is 14.9 Å². The molecule has 10 heteroatoms. The van der Waals surface area contributed by atoms with Crippen LogP contribution in [0.5, 0.6) is 17.2 Å². The molecule has 0 N–H and O–H groups in total. The van der Waals surface area contributed by atoms with Crippen LogP contribution in [0.3, 0.4) is 0 Å². The molecule has 2 aromatic carbocycles. The first-order chi connectivity index (χ1) is 13.7. The third-order valence-electron chi connectivity index (χ3n) is 4.05. The Morgan fingerprint density at radius 2 is 1.93 bits per heavy atom. The van der Waals surface area contributed by atoms with Gasteiger partial charge >= 0.3 is 11.7 Å². The fourth-order valence-corrected chi connectivity index (χ4v) is 2.86. The topological polar surface area (TPSA) is 127 Å². The quantitative estimate of drug-likeness (QED) is 0.364. The average molecular weight is 397 g/mol. The summed E-state index contributed by atoms with van der Waals surface area (Å²) in [6, 6.07) is 8.94. The van der Waals surface area contributed by atoms with E-state index in [-0.39, 0.29) is 34.3 Å². The highest BCUT2D eigenvalue weighted by atomic mass is 16.7. The van der Waals surface area contributed by atoms with Gasteiger partial charge in [-0.3, -0.25) is 10.1 Å². The van der Waals surface area contributed by atoms with Gasteiger partial charge in [-0.15, -0.1) is 0 Å². The normalized spacial score (nSPS) is 14.5. The van der Waals surface area contributed by atoms with Gasteiger partial charge in [0, 0.05) is 32.4 Å². The van der Waals surface area contributed by atoms with Crippen LogP contribution >= 0.6 is 0 Å². The molecule has 2 heterocycles. The van der Waals surface area contributed by atoms with Gasteiger partial charge in [0.15, 0.2) is 0 Å². The third kappa shape index (κ3) is 3.47. The van der Waals surface area contributed by atoms with Crippen molar-refractivity contribution in [3.8, 4) is 28.6 Å². The van der Waals surface area contributed by atoms with Crippen LogP contribution in [0.1, 0.15) is 30.1 Å². The monoisotopic (exact) mass is 397 g/mol. The minimum absolute atomic E-state index is 0.0546. The SMILES string of the molecule is Cc1nc(-c2ccc(Oc3cccc4c3C(=O)OC(C)(C)O4)c([N+](=O)[O-])c2)no1. The van der Waals surface area contributed by atoms with Crippen LogP contribution in [0.25, 0.3) is 11.4 Å². The lowest BCUT2D eigenvalue weighted by Gasteiger charge is -2.32. The number of nitro groups is 1. The number of esters is 1. The summed E-state index contributed by atoms with van der Waals surface area (Å²) in [4.78, 5) is 27.5. The molecule has 0 spiro atoms. The second-order valence-corrected chi connectivity index (χ2v) is 6.70. The number of hydrogen-bond acceptors (Lipinski definition) is 9. The van der Waals surface area contributed by atoms with E-state index in [2.05, 4.69) is 10.1 Å².